The quantitative estimate of drug-likeness (QED) is 0.786. The highest BCUT2D eigenvalue weighted by Crippen LogP contribution is 2.25. The van der Waals surface area contributed by atoms with Crippen molar-refractivity contribution in [2.75, 3.05) is 23.3 Å². The zero-order valence-electron chi connectivity index (χ0n) is 13.8. The summed E-state index contributed by atoms with van der Waals surface area (Å²) in [5, 5.41) is 3.22. The zero-order chi connectivity index (χ0) is 17.1. The molecule has 3 heterocycles. The molecule has 3 aromatic rings. The number of benzene rings is 1. The molecule has 25 heavy (non-hydrogen) atoms. The molecule has 4 rings (SSSR count). The third-order valence-electron chi connectivity index (χ3n) is 4.32. The molecule has 1 N–H and O–H groups in total. The van der Waals surface area contributed by atoms with E-state index in [4.69, 9.17) is 4.98 Å². The molecule has 0 unspecified atom stereocenters. The number of hydrogen-bond acceptors (Lipinski definition) is 6. The van der Waals surface area contributed by atoms with Crippen molar-refractivity contribution in [3.8, 4) is 0 Å². The van der Waals surface area contributed by atoms with Crippen molar-refractivity contribution in [3.63, 3.8) is 0 Å². The number of rotatable bonds is 3. The molecule has 7 heteroatoms. The van der Waals surface area contributed by atoms with Gasteiger partial charge in [-0.2, -0.15) is 9.97 Å². The van der Waals surface area contributed by atoms with Gasteiger partial charge in [0.05, 0.1) is 0 Å². The van der Waals surface area contributed by atoms with Gasteiger partial charge >= 0.3 is 0 Å². The predicted octanol–water partition coefficient (Wildman–Crippen LogP) is 3.68. The topological polar surface area (TPSA) is 66.8 Å². The lowest BCUT2D eigenvalue weighted by Crippen LogP contribution is -2.26. The summed E-state index contributed by atoms with van der Waals surface area (Å²) in [5.41, 5.74) is 1.90. The third kappa shape index (κ3) is 3.50. The van der Waals surface area contributed by atoms with Crippen LogP contribution in [0.1, 0.15) is 25.7 Å². The number of nitrogens with zero attached hydrogens (tertiary/aromatic N) is 5. The molecule has 0 saturated carbocycles. The minimum atomic E-state index is -0.275. The molecule has 0 radical (unpaired) electrons. The van der Waals surface area contributed by atoms with Gasteiger partial charge in [-0.3, -0.25) is 0 Å². The van der Waals surface area contributed by atoms with Gasteiger partial charge in [-0.05, 0) is 37.1 Å². The first kappa shape index (κ1) is 15.7. The van der Waals surface area contributed by atoms with Gasteiger partial charge in [0.2, 0.25) is 5.95 Å². The van der Waals surface area contributed by atoms with Crippen LogP contribution in [0.25, 0.3) is 11.2 Å². The smallest absolute Gasteiger partial charge is 0.229 e. The Bertz CT molecular complexity index is 859. The van der Waals surface area contributed by atoms with Gasteiger partial charge in [-0.25, -0.2) is 14.4 Å². The van der Waals surface area contributed by atoms with E-state index in [1.807, 2.05) is 0 Å². The molecule has 0 atom stereocenters. The second-order valence-corrected chi connectivity index (χ2v) is 6.13. The van der Waals surface area contributed by atoms with Gasteiger partial charge < -0.3 is 10.2 Å². The summed E-state index contributed by atoms with van der Waals surface area (Å²) in [6, 6.07) is 6.16. The van der Waals surface area contributed by atoms with E-state index >= 15 is 0 Å². The van der Waals surface area contributed by atoms with Crippen molar-refractivity contribution in [2.45, 2.75) is 25.7 Å². The van der Waals surface area contributed by atoms with Crippen molar-refractivity contribution < 1.29 is 4.39 Å². The number of fused-ring (bicyclic) bond motifs is 1. The number of hydrogen-bond donors (Lipinski definition) is 1. The van der Waals surface area contributed by atoms with Crippen LogP contribution in [0.3, 0.4) is 0 Å². The van der Waals surface area contributed by atoms with E-state index < -0.39 is 0 Å². The van der Waals surface area contributed by atoms with E-state index in [-0.39, 0.29) is 5.82 Å². The second kappa shape index (κ2) is 6.96. The fourth-order valence-corrected chi connectivity index (χ4v) is 3.02. The fourth-order valence-electron chi connectivity index (χ4n) is 3.02. The molecule has 128 valence electrons. The van der Waals surface area contributed by atoms with E-state index in [1.54, 1.807) is 24.5 Å². The van der Waals surface area contributed by atoms with Gasteiger partial charge in [0.15, 0.2) is 17.0 Å². The van der Waals surface area contributed by atoms with Crippen molar-refractivity contribution in [2.24, 2.45) is 0 Å². The molecule has 1 aliphatic rings. The summed E-state index contributed by atoms with van der Waals surface area (Å²) in [5.74, 6) is 0.978. The molecule has 2 aromatic heterocycles. The summed E-state index contributed by atoms with van der Waals surface area (Å²) >= 11 is 0. The van der Waals surface area contributed by atoms with Crippen LogP contribution in [0.2, 0.25) is 0 Å². The Morgan fingerprint density at radius 2 is 1.60 bits per heavy atom. The van der Waals surface area contributed by atoms with Gasteiger partial charge in [-0.1, -0.05) is 12.8 Å². The molecule has 6 nitrogen and oxygen atoms in total. The monoisotopic (exact) mass is 338 g/mol. The molecule has 1 saturated heterocycles. The number of anilines is 3. The van der Waals surface area contributed by atoms with Gasteiger partial charge in [0.1, 0.15) is 5.82 Å². The normalized spacial score (nSPS) is 15.2. The highest BCUT2D eigenvalue weighted by Gasteiger charge is 2.16. The Morgan fingerprint density at radius 1 is 0.880 bits per heavy atom. The number of nitrogens with one attached hydrogen (secondary N) is 1. The highest BCUT2D eigenvalue weighted by atomic mass is 19.1. The minimum Gasteiger partial charge on any atom is -0.341 e. The van der Waals surface area contributed by atoms with Crippen molar-refractivity contribution >= 4 is 28.6 Å². The maximum atomic E-state index is 13.1. The van der Waals surface area contributed by atoms with Crippen LogP contribution in [-0.2, 0) is 0 Å². The lowest BCUT2D eigenvalue weighted by Gasteiger charge is -2.21. The van der Waals surface area contributed by atoms with Crippen molar-refractivity contribution in [1.29, 1.82) is 0 Å². The Morgan fingerprint density at radius 3 is 2.36 bits per heavy atom. The maximum Gasteiger partial charge on any atom is 0.229 e. The van der Waals surface area contributed by atoms with Crippen molar-refractivity contribution in [1.82, 2.24) is 19.9 Å². The molecule has 0 aliphatic carbocycles. The van der Waals surface area contributed by atoms with E-state index in [0.717, 1.165) is 31.6 Å². The SMILES string of the molecule is Fc1ccc(Nc2nc(N3CCCCCC3)nc3nccnc23)cc1. The Kier molecular flexibility index (Phi) is 4.37. The second-order valence-electron chi connectivity index (χ2n) is 6.13. The van der Waals surface area contributed by atoms with Crippen LogP contribution in [0, 0.1) is 5.82 Å². The van der Waals surface area contributed by atoms with E-state index in [2.05, 4.69) is 25.2 Å². The minimum absolute atomic E-state index is 0.275. The average molecular weight is 338 g/mol. The molecular weight excluding hydrogens is 319 g/mol. The van der Waals surface area contributed by atoms with Gasteiger partial charge in [0.25, 0.3) is 0 Å². The standard InChI is InChI=1S/C18H19FN6/c19-13-5-7-14(8-6-13)22-17-15-16(21-10-9-20-15)23-18(24-17)25-11-3-1-2-4-12-25/h5-10H,1-4,11-12H2,(H,21,22,23,24). The molecule has 1 aromatic carbocycles. The Labute approximate surface area is 145 Å². The zero-order valence-corrected chi connectivity index (χ0v) is 13.8. The summed E-state index contributed by atoms with van der Waals surface area (Å²) in [7, 11) is 0. The highest BCUT2D eigenvalue weighted by molar-refractivity contribution is 5.85. The van der Waals surface area contributed by atoms with Crippen LogP contribution in [0.5, 0.6) is 0 Å². The fraction of sp³-hybridized carbons (Fsp3) is 0.333. The van der Waals surface area contributed by atoms with Crippen molar-refractivity contribution in [3.05, 3.63) is 42.5 Å². The van der Waals surface area contributed by atoms with Gasteiger partial charge in [-0.15, -0.1) is 0 Å². The van der Waals surface area contributed by atoms with Crippen LogP contribution in [0.4, 0.5) is 21.8 Å². The molecule has 1 aliphatic heterocycles. The third-order valence-corrected chi connectivity index (χ3v) is 4.32. The summed E-state index contributed by atoms with van der Waals surface area (Å²) in [6.45, 7) is 1.89. The Hall–Kier alpha value is -2.83. The number of aromatic nitrogens is 4. The maximum absolute atomic E-state index is 13.1. The average Bonchev–Trinajstić information content (AvgIpc) is 2.93. The van der Waals surface area contributed by atoms with Crippen LogP contribution >= 0.6 is 0 Å². The lowest BCUT2D eigenvalue weighted by atomic mass is 10.2. The first-order chi connectivity index (χ1) is 12.3. The summed E-state index contributed by atoms with van der Waals surface area (Å²) in [6.07, 6.45) is 8.01. The van der Waals surface area contributed by atoms with Crippen LogP contribution in [0.15, 0.2) is 36.7 Å². The summed E-state index contributed by atoms with van der Waals surface area (Å²) in [4.78, 5) is 20.2. The van der Waals surface area contributed by atoms with E-state index in [1.165, 1.54) is 25.0 Å². The van der Waals surface area contributed by atoms with Gasteiger partial charge in [0, 0.05) is 31.2 Å². The first-order valence-electron chi connectivity index (χ1n) is 8.56. The first-order valence-corrected chi connectivity index (χ1v) is 8.56. The Balaban J connectivity index is 1.74. The van der Waals surface area contributed by atoms with Crippen LogP contribution < -0.4 is 10.2 Å². The molecule has 1 fully saturated rings. The molecular formula is C18H19FN6. The van der Waals surface area contributed by atoms with E-state index in [9.17, 15) is 4.39 Å². The molecule has 0 amide bonds. The molecule has 0 bridgehead atoms. The summed E-state index contributed by atoms with van der Waals surface area (Å²) < 4.78 is 13.1. The molecule has 0 spiro atoms. The van der Waals surface area contributed by atoms with Crippen LogP contribution in [-0.4, -0.2) is 33.0 Å². The number of halogens is 1. The lowest BCUT2D eigenvalue weighted by molar-refractivity contribution is 0.628. The van der Waals surface area contributed by atoms with E-state index in [0.29, 0.717) is 22.9 Å². The predicted molar refractivity (Wildman–Crippen MR) is 95.5 cm³/mol. The largest absolute Gasteiger partial charge is 0.341 e.